The van der Waals surface area contributed by atoms with E-state index in [1.165, 1.54) is 10.0 Å². The van der Waals surface area contributed by atoms with Crippen LogP contribution in [0.25, 0.3) is 0 Å². The second-order valence-corrected chi connectivity index (χ2v) is 20.8. The minimum Gasteiger partial charge on any atom is -0.396 e. The van der Waals surface area contributed by atoms with Crippen molar-refractivity contribution in [1.29, 1.82) is 0 Å². The van der Waals surface area contributed by atoms with Crippen LogP contribution in [0.15, 0.2) is 120 Å². The number of hydrogen-bond acceptors (Lipinski definition) is 9. The largest absolute Gasteiger partial charge is 0.396 e. The smallest absolute Gasteiger partial charge is 0.264 e. The molecule has 1 saturated heterocycles. The van der Waals surface area contributed by atoms with Crippen molar-refractivity contribution in [3.63, 3.8) is 0 Å². The Morgan fingerprint density at radius 3 is 2.05 bits per heavy atom. The van der Waals surface area contributed by atoms with E-state index >= 15 is 8.90 Å². The van der Waals surface area contributed by atoms with Crippen LogP contribution in [-0.4, -0.2) is 70.4 Å². The average molecular weight is 853 g/mol. The van der Waals surface area contributed by atoms with Crippen LogP contribution in [-0.2, 0) is 44.2 Å². The number of carbonyl (C=O) groups excluding carboxylic acids is 3. The van der Waals surface area contributed by atoms with Gasteiger partial charge < -0.3 is 18.9 Å². The number of aryl methyl sites for hydroxylation is 1. The van der Waals surface area contributed by atoms with Crippen molar-refractivity contribution in [2.75, 3.05) is 21.5 Å². The molecule has 4 atom stereocenters. The van der Waals surface area contributed by atoms with Crippen molar-refractivity contribution in [3.05, 3.63) is 137 Å². The van der Waals surface area contributed by atoms with Crippen molar-refractivity contribution in [1.82, 2.24) is 15.0 Å². The Bertz CT molecular complexity index is 2580. The van der Waals surface area contributed by atoms with Gasteiger partial charge in [-0.05, 0) is 66.5 Å². The first-order valence-electron chi connectivity index (χ1n) is 21.3. The molecule has 4 aliphatic heterocycles. The quantitative estimate of drug-likeness (QED) is 0.103. The third kappa shape index (κ3) is 7.58. The van der Waals surface area contributed by atoms with Gasteiger partial charge in [0.2, 0.25) is 20.2 Å². The predicted molar refractivity (Wildman–Crippen MR) is 237 cm³/mol. The number of halogens is 1. The van der Waals surface area contributed by atoms with Crippen molar-refractivity contribution in [2.24, 2.45) is 16.1 Å². The fraction of sp³-hybridized carbons (Fsp3) is 0.340. The van der Waals surface area contributed by atoms with Crippen molar-refractivity contribution < 1.29 is 28.3 Å². The molecule has 15 heteroatoms. The number of anilines is 3. The van der Waals surface area contributed by atoms with Gasteiger partial charge in [0.25, 0.3) is 5.91 Å². The van der Waals surface area contributed by atoms with E-state index in [2.05, 4.69) is 10.3 Å². The Hall–Kier alpha value is -6.16. The summed E-state index contributed by atoms with van der Waals surface area (Å²) in [5, 5.41) is 30.3. The molecule has 4 aliphatic rings. The number of carbonyl (C=O) groups is 3. The number of ether oxygens (including phenoxy) is 1. The minimum atomic E-state index is -3.51. The molecule has 0 bridgehead atoms. The minimum absolute atomic E-state index is 0.0557. The number of benzene rings is 4. The molecule has 1 fully saturated rings. The standard InChI is InChI=1S/C47H49FN8O5Si/c1-31-45(62(2,3)48)42(23-25-53-30-35(24-26-57)49-52-53)61-47(31)38-28-37(56-44(59)22-19-40(51-56)34-14-8-5-9-15-34)17-20-41(38)54(46(47)60)29-32-11-10-16-36(27-32)55-43(58)21-18-39(50-55)33-12-6-4-7-13-33/h4-17,20,27-28,30-31,42,45,57H,18-19,21-26,29H2,1-3H3/t31-,42+,45-,47+/m1/s1. The molecule has 0 saturated carbocycles. The molecule has 1 N–H and O–H groups in total. The summed E-state index contributed by atoms with van der Waals surface area (Å²) in [7, 11) is -3.51. The van der Waals surface area contributed by atoms with Crippen molar-refractivity contribution in [3.8, 4) is 0 Å². The van der Waals surface area contributed by atoms with Gasteiger partial charge in [-0.1, -0.05) is 84.9 Å². The summed E-state index contributed by atoms with van der Waals surface area (Å²) in [5.41, 5.74) is 4.92. The highest BCUT2D eigenvalue weighted by Crippen LogP contribution is 2.61. The zero-order valence-corrected chi connectivity index (χ0v) is 36.0. The molecule has 62 heavy (non-hydrogen) atoms. The Balaban J connectivity index is 1.10. The topological polar surface area (TPSA) is 146 Å². The molecule has 0 unspecified atom stereocenters. The van der Waals surface area contributed by atoms with Crippen LogP contribution in [0.1, 0.15) is 67.0 Å². The molecule has 0 radical (unpaired) electrons. The SMILES string of the molecule is C[C@@H]1[C@@H]([Si](C)(C)F)[C@H](CCn2cc(CCO)nn2)O[C@@]12C(=O)N(Cc1cccc(N3N=C(c4ccccc4)CCC3=O)c1)c1ccc(N3N=C(c4ccccc4)CCC3=O)cc12. The maximum atomic E-state index is 16.8. The number of rotatable bonds is 12. The molecular formula is C47H49FN8O5Si. The number of aliphatic hydroxyl groups excluding tert-OH is 1. The van der Waals surface area contributed by atoms with E-state index in [4.69, 9.17) is 14.9 Å². The zero-order valence-electron chi connectivity index (χ0n) is 35.0. The monoisotopic (exact) mass is 852 g/mol. The normalized spacial score (nSPS) is 22.7. The van der Waals surface area contributed by atoms with E-state index in [1.54, 1.807) is 34.9 Å². The molecule has 3 amide bonds. The van der Waals surface area contributed by atoms with E-state index in [9.17, 15) is 14.7 Å². The highest BCUT2D eigenvalue weighted by atomic mass is 28.4. The number of nitrogens with zero attached hydrogens (tertiary/aromatic N) is 8. The number of amides is 3. The third-order valence-corrected chi connectivity index (χ3v) is 15.0. The lowest BCUT2D eigenvalue weighted by atomic mass is 9.82. The fourth-order valence-electron chi connectivity index (χ4n) is 9.68. The van der Waals surface area contributed by atoms with E-state index in [-0.39, 0.29) is 37.3 Å². The molecule has 13 nitrogen and oxygen atoms in total. The van der Waals surface area contributed by atoms with Gasteiger partial charge in [-0.25, -0.2) is 10.0 Å². The predicted octanol–water partition coefficient (Wildman–Crippen LogP) is 7.29. The van der Waals surface area contributed by atoms with E-state index in [0.29, 0.717) is 67.0 Å². The van der Waals surface area contributed by atoms with Crippen LogP contribution in [0, 0.1) is 5.92 Å². The van der Waals surface area contributed by atoms with Crippen molar-refractivity contribution in [2.45, 2.75) is 88.9 Å². The third-order valence-electron chi connectivity index (χ3n) is 12.6. The summed E-state index contributed by atoms with van der Waals surface area (Å²) >= 11 is 0. The lowest BCUT2D eigenvalue weighted by Crippen LogP contribution is -2.45. The molecule has 0 aliphatic carbocycles. The van der Waals surface area contributed by atoms with Gasteiger partial charge in [-0.15, -0.1) is 5.10 Å². The van der Waals surface area contributed by atoms with Crippen LogP contribution in [0.3, 0.4) is 0 Å². The molecule has 9 rings (SSSR count). The molecule has 4 aromatic carbocycles. The van der Waals surface area contributed by atoms with Gasteiger partial charge in [0.15, 0.2) is 5.60 Å². The average Bonchev–Trinajstić information content (AvgIpc) is 3.93. The molecule has 5 aromatic rings. The van der Waals surface area contributed by atoms with Gasteiger partial charge in [0.05, 0.1) is 46.8 Å². The van der Waals surface area contributed by atoms with Crippen molar-refractivity contribution >= 4 is 54.6 Å². The Morgan fingerprint density at radius 1 is 0.806 bits per heavy atom. The summed E-state index contributed by atoms with van der Waals surface area (Å²) in [4.78, 5) is 44.0. The Morgan fingerprint density at radius 2 is 1.44 bits per heavy atom. The summed E-state index contributed by atoms with van der Waals surface area (Å²) in [6.07, 6.45) is 3.45. The summed E-state index contributed by atoms with van der Waals surface area (Å²) < 4.78 is 25.5. The molecule has 5 heterocycles. The van der Waals surface area contributed by atoms with Gasteiger partial charge >= 0.3 is 0 Å². The van der Waals surface area contributed by atoms with Crippen LogP contribution in [0.2, 0.25) is 18.6 Å². The molecule has 1 aromatic heterocycles. The number of fused-ring (bicyclic) bond motifs is 2. The van der Waals surface area contributed by atoms with Crippen LogP contribution < -0.4 is 14.9 Å². The molecule has 1 spiro atoms. The number of hydrazone groups is 2. The zero-order chi connectivity index (χ0) is 43.2. The first-order chi connectivity index (χ1) is 29.9. The Labute approximate surface area is 360 Å². The van der Waals surface area contributed by atoms with Gasteiger partial charge in [0, 0.05) is 68.5 Å². The Kier molecular flexibility index (Phi) is 11.0. The van der Waals surface area contributed by atoms with Gasteiger partial charge in [-0.2, -0.15) is 10.2 Å². The van der Waals surface area contributed by atoms with Gasteiger partial charge in [0.1, 0.15) is 0 Å². The fourth-order valence-corrected chi connectivity index (χ4v) is 12.2. The first-order valence-corrected chi connectivity index (χ1v) is 24.2. The first kappa shape index (κ1) is 41.2. The van der Waals surface area contributed by atoms with E-state index in [0.717, 1.165) is 28.1 Å². The summed E-state index contributed by atoms with van der Waals surface area (Å²) in [6, 6.07) is 32.5. The van der Waals surface area contributed by atoms with E-state index < -0.39 is 31.6 Å². The lowest BCUT2D eigenvalue weighted by molar-refractivity contribution is -0.146. The molecule has 318 valence electrons. The maximum Gasteiger partial charge on any atom is 0.264 e. The van der Waals surface area contributed by atoms with Crippen LogP contribution >= 0.6 is 0 Å². The summed E-state index contributed by atoms with van der Waals surface area (Å²) in [5.74, 6) is -1.21. The highest BCUT2D eigenvalue weighted by Gasteiger charge is 2.66. The molecular weight excluding hydrogens is 804 g/mol. The van der Waals surface area contributed by atoms with Crippen LogP contribution in [0.5, 0.6) is 0 Å². The lowest BCUT2D eigenvalue weighted by Gasteiger charge is -2.31. The number of hydrogen-bond donors (Lipinski definition) is 1. The summed E-state index contributed by atoms with van der Waals surface area (Å²) in [6.45, 7) is 5.68. The van der Waals surface area contributed by atoms with E-state index in [1.807, 2.05) is 104 Å². The number of aromatic nitrogens is 3. The maximum absolute atomic E-state index is 16.8. The second kappa shape index (κ2) is 16.6. The second-order valence-electron chi connectivity index (χ2n) is 17.0. The number of aliphatic hydroxyl groups is 1. The van der Waals surface area contributed by atoms with Gasteiger partial charge in [-0.3, -0.25) is 19.1 Å². The van der Waals surface area contributed by atoms with Crippen LogP contribution in [0.4, 0.5) is 21.2 Å². The highest BCUT2D eigenvalue weighted by molar-refractivity contribution is 6.72.